The third-order valence-corrected chi connectivity index (χ3v) is 3.37. The van der Waals surface area contributed by atoms with E-state index in [0.717, 1.165) is 31.6 Å². The number of hydrogen-bond acceptors (Lipinski definition) is 6. The molecule has 1 atom stereocenters. The van der Waals surface area contributed by atoms with E-state index in [4.69, 9.17) is 5.73 Å². The van der Waals surface area contributed by atoms with Crippen LogP contribution in [0.15, 0.2) is 6.07 Å². The van der Waals surface area contributed by atoms with Crippen molar-refractivity contribution >= 4 is 17.6 Å². The summed E-state index contributed by atoms with van der Waals surface area (Å²) >= 11 is 0. The first-order valence-electron chi connectivity index (χ1n) is 6.44. The zero-order valence-corrected chi connectivity index (χ0v) is 10.8. The van der Waals surface area contributed by atoms with E-state index in [9.17, 15) is 5.11 Å². The average molecular weight is 251 g/mol. The van der Waals surface area contributed by atoms with Crippen molar-refractivity contribution in [2.45, 2.75) is 31.7 Å². The molecule has 18 heavy (non-hydrogen) atoms. The number of aliphatic hydroxyl groups is 1. The molecule has 1 unspecified atom stereocenters. The number of nitrogen functional groups attached to an aromatic ring is 1. The Morgan fingerprint density at radius 3 is 3.00 bits per heavy atom. The predicted octanol–water partition coefficient (Wildman–Crippen LogP) is 0.842. The molecule has 0 bridgehead atoms. The second kappa shape index (κ2) is 5.86. The Bertz CT molecular complexity index is 398. The van der Waals surface area contributed by atoms with Crippen molar-refractivity contribution in [2.24, 2.45) is 0 Å². The lowest BCUT2D eigenvalue weighted by molar-refractivity contribution is 0.254. The highest BCUT2D eigenvalue weighted by atomic mass is 16.3. The first-order chi connectivity index (χ1) is 8.74. The molecule has 1 aromatic heterocycles. The molecule has 0 spiro atoms. The quantitative estimate of drug-likeness (QED) is 0.738. The maximum absolute atomic E-state index is 9.51. The van der Waals surface area contributed by atoms with Gasteiger partial charge >= 0.3 is 0 Å². The fourth-order valence-corrected chi connectivity index (χ4v) is 2.40. The number of aromatic nitrogens is 2. The van der Waals surface area contributed by atoms with E-state index < -0.39 is 0 Å². The van der Waals surface area contributed by atoms with Gasteiger partial charge in [-0.3, -0.25) is 0 Å². The maximum Gasteiger partial charge on any atom is 0.223 e. The number of nitrogens with zero attached hydrogens (tertiary/aromatic N) is 3. The van der Waals surface area contributed by atoms with E-state index in [0.29, 0.717) is 5.82 Å². The van der Waals surface area contributed by atoms with Crippen molar-refractivity contribution in [3.05, 3.63) is 6.07 Å². The summed E-state index contributed by atoms with van der Waals surface area (Å²) in [7, 11) is 1.80. The number of nitrogens with two attached hydrogens (primary N) is 1. The van der Waals surface area contributed by atoms with Gasteiger partial charge in [0.2, 0.25) is 5.95 Å². The number of hydrogen-bond donors (Lipinski definition) is 3. The van der Waals surface area contributed by atoms with Crippen molar-refractivity contribution in [1.82, 2.24) is 9.97 Å². The number of rotatable bonds is 3. The first kappa shape index (κ1) is 12.9. The van der Waals surface area contributed by atoms with Crippen molar-refractivity contribution in [1.29, 1.82) is 0 Å². The Balaban J connectivity index is 2.29. The maximum atomic E-state index is 9.51. The third kappa shape index (κ3) is 2.81. The lowest BCUT2D eigenvalue weighted by Gasteiger charge is -2.29. The molecule has 0 radical (unpaired) electrons. The largest absolute Gasteiger partial charge is 0.394 e. The number of anilines is 3. The van der Waals surface area contributed by atoms with E-state index in [2.05, 4.69) is 20.2 Å². The molecule has 2 heterocycles. The highest BCUT2D eigenvalue weighted by Gasteiger charge is 2.22. The molecule has 6 nitrogen and oxygen atoms in total. The Hall–Kier alpha value is -1.56. The molecule has 2 rings (SSSR count). The van der Waals surface area contributed by atoms with Gasteiger partial charge in [0.25, 0.3) is 0 Å². The zero-order valence-electron chi connectivity index (χ0n) is 10.8. The fraction of sp³-hybridized carbons (Fsp3) is 0.667. The Labute approximate surface area is 107 Å². The molecule has 1 aromatic rings. The summed E-state index contributed by atoms with van der Waals surface area (Å²) in [6.45, 7) is 1.06. The van der Waals surface area contributed by atoms with E-state index in [1.165, 1.54) is 6.42 Å². The normalized spacial score (nSPS) is 20.6. The summed E-state index contributed by atoms with van der Waals surface area (Å²) in [6.07, 6.45) is 4.47. The average Bonchev–Trinajstić information content (AvgIpc) is 2.62. The van der Waals surface area contributed by atoms with Crippen molar-refractivity contribution in [3.8, 4) is 0 Å². The Morgan fingerprint density at radius 2 is 2.28 bits per heavy atom. The van der Waals surface area contributed by atoms with Crippen LogP contribution in [0.25, 0.3) is 0 Å². The first-order valence-corrected chi connectivity index (χ1v) is 6.44. The van der Waals surface area contributed by atoms with Crippen LogP contribution in [0.2, 0.25) is 0 Å². The van der Waals surface area contributed by atoms with Gasteiger partial charge in [0.15, 0.2) is 0 Å². The van der Waals surface area contributed by atoms with Crippen LogP contribution in [0.5, 0.6) is 0 Å². The van der Waals surface area contributed by atoms with Gasteiger partial charge in [-0.25, -0.2) is 0 Å². The van der Waals surface area contributed by atoms with E-state index in [1.807, 2.05) is 6.07 Å². The Morgan fingerprint density at radius 1 is 1.44 bits per heavy atom. The van der Waals surface area contributed by atoms with Gasteiger partial charge < -0.3 is 21.1 Å². The third-order valence-electron chi connectivity index (χ3n) is 3.37. The minimum absolute atomic E-state index is 0.131. The lowest BCUT2D eigenvalue weighted by Crippen LogP contribution is -2.38. The molecule has 0 aromatic carbocycles. The number of nitrogens with one attached hydrogen (secondary N) is 1. The molecule has 1 aliphatic heterocycles. The molecule has 100 valence electrons. The molecule has 1 aliphatic rings. The summed E-state index contributed by atoms with van der Waals surface area (Å²) < 4.78 is 0. The highest BCUT2D eigenvalue weighted by Crippen LogP contribution is 2.24. The zero-order chi connectivity index (χ0) is 13.0. The van der Waals surface area contributed by atoms with Gasteiger partial charge in [-0.1, -0.05) is 12.8 Å². The summed E-state index contributed by atoms with van der Waals surface area (Å²) in [5, 5.41) is 12.5. The minimum atomic E-state index is 0.131. The van der Waals surface area contributed by atoms with E-state index >= 15 is 0 Å². The predicted molar refractivity (Wildman–Crippen MR) is 72.7 cm³/mol. The van der Waals surface area contributed by atoms with Gasteiger partial charge in [-0.15, -0.1) is 0 Å². The van der Waals surface area contributed by atoms with Crippen LogP contribution in [-0.2, 0) is 0 Å². The molecule has 1 fully saturated rings. The SMILES string of the molecule is CNc1cc(N2CCCCCC2CO)nc(N)n1. The Kier molecular flexibility index (Phi) is 4.19. The lowest BCUT2D eigenvalue weighted by atomic mass is 10.1. The van der Waals surface area contributed by atoms with Crippen molar-refractivity contribution in [3.63, 3.8) is 0 Å². The van der Waals surface area contributed by atoms with Gasteiger partial charge in [0.05, 0.1) is 12.6 Å². The molecular weight excluding hydrogens is 230 g/mol. The van der Waals surface area contributed by atoms with E-state index in [-0.39, 0.29) is 18.6 Å². The number of aliphatic hydroxyl groups excluding tert-OH is 1. The monoisotopic (exact) mass is 251 g/mol. The molecule has 0 amide bonds. The van der Waals surface area contributed by atoms with E-state index in [1.54, 1.807) is 7.05 Å². The molecule has 0 aliphatic carbocycles. The van der Waals surface area contributed by atoms with Crippen LogP contribution in [0.4, 0.5) is 17.6 Å². The van der Waals surface area contributed by atoms with Crippen molar-refractivity contribution < 1.29 is 5.11 Å². The van der Waals surface area contributed by atoms with Crippen LogP contribution in [-0.4, -0.2) is 41.3 Å². The van der Waals surface area contributed by atoms with Gasteiger partial charge in [0.1, 0.15) is 11.6 Å². The molecular formula is C12H21N5O. The molecule has 6 heteroatoms. The van der Waals surface area contributed by atoms with Crippen molar-refractivity contribution in [2.75, 3.05) is 36.1 Å². The minimum Gasteiger partial charge on any atom is -0.394 e. The summed E-state index contributed by atoms with van der Waals surface area (Å²) in [5.41, 5.74) is 5.72. The molecule has 1 saturated heterocycles. The fourth-order valence-electron chi connectivity index (χ4n) is 2.40. The van der Waals surface area contributed by atoms with Gasteiger partial charge in [-0.2, -0.15) is 9.97 Å². The second-order valence-corrected chi connectivity index (χ2v) is 4.60. The van der Waals surface area contributed by atoms with Crippen LogP contribution in [0, 0.1) is 0 Å². The smallest absolute Gasteiger partial charge is 0.223 e. The van der Waals surface area contributed by atoms with Crippen LogP contribution >= 0.6 is 0 Å². The van der Waals surface area contributed by atoms with Gasteiger partial charge in [-0.05, 0) is 12.8 Å². The molecule has 4 N–H and O–H groups in total. The van der Waals surface area contributed by atoms with Crippen LogP contribution in [0.1, 0.15) is 25.7 Å². The topological polar surface area (TPSA) is 87.3 Å². The highest BCUT2D eigenvalue weighted by molar-refractivity contribution is 5.53. The summed E-state index contributed by atoms with van der Waals surface area (Å²) in [6, 6.07) is 2.01. The molecule has 0 saturated carbocycles. The van der Waals surface area contributed by atoms with Crippen LogP contribution in [0.3, 0.4) is 0 Å². The second-order valence-electron chi connectivity index (χ2n) is 4.60. The summed E-state index contributed by atoms with van der Waals surface area (Å²) in [4.78, 5) is 10.5. The van der Waals surface area contributed by atoms with Crippen LogP contribution < -0.4 is 16.0 Å². The standard InChI is InChI=1S/C12H21N5O/c1-14-10-7-11(16-12(13)15-10)17-6-4-2-3-5-9(17)8-18/h7,9,18H,2-6,8H2,1H3,(H3,13,14,15,16). The van der Waals surface area contributed by atoms with Gasteiger partial charge in [0, 0.05) is 19.7 Å². The summed E-state index contributed by atoms with van der Waals surface area (Å²) in [5.74, 6) is 1.77.